The monoisotopic (exact) mass is 765 g/mol. The van der Waals surface area contributed by atoms with Crippen molar-refractivity contribution in [3.63, 3.8) is 0 Å². The minimum Gasteiger partial charge on any atom is -0.208 e. The van der Waals surface area contributed by atoms with Crippen LogP contribution in [-0.2, 0) is 0 Å². The van der Waals surface area contributed by atoms with Gasteiger partial charge in [0, 0.05) is 16.7 Å². The van der Waals surface area contributed by atoms with Crippen LogP contribution >= 0.6 is 0 Å². The van der Waals surface area contributed by atoms with E-state index in [2.05, 4.69) is 212 Å². The summed E-state index contributed by atoms with van der Waals surface area (Å²) in [6.07, 6.45) is 0. The Morgan fingerprint density at radius 2 is 0.417 bits per heavy atom. The van der Waals surface area contributed by atoms with E-state index in [0.717, 1.165) is 61.2 Å². The first-order valence-corrected chi connectivity index (χ1v) is 20.3. The smallest absolute Gasteiger partial charge is 0.164 e. The van der Waals surface area contributed by atoms with Gasteiger partial charge in [0.25, 0.3) is 0 Å². The summed E-state index contributed by atoms with van der Waals surface area (Å²) in [5.41, 5.74) is 16.5. The molecule has 0 atom stereocenters. The van der Waals surface area contributed by atoms with Crippen molar-refractivity contribution < 1.29 is 0 Å². The summed E-state index contributed by atoms with van der Waals surface area (Å²) in [4.78, 5) is 15.6. The summed E-state index contributed by atoms with van der Waals surface area (Å²) in [5, 5.41) is 0. The molecule has 0 aliphatic heterocycles. The summed E-state index contributed by atoms with van der Waals surface area (Å²) in [7, 11) is 0. The van der Waals surface area contributed by atoms with Crippen molar-refractivity contribution in [3.05, 3.63) is 237 Å². The van der Waals surface area contributed by atoms with Gasteiger partial charge in [-0.15, -0.1) is 0 Å². The van der Waals surface area contributed by atoms with E-state index in [9.17, 15) is 0 Å². The van der Waals surface area contributed by atoms with E-state index >= 15 is 0 Å². The van der Waals surface area contributed by atoms with Gasteiger partial charge in [0.15, 0.2) is 17.5 Å². The Kier molecular flexibility index (Phi) is 9.97. The highest BCUT2D eigenvalue weighted by Crippen LogP contribution is 2.37. The number of hydrogen-bond acceptors (Lipinski definition) is 3. The van der Waals surface area contributed by atoms with Gasteiger partial charge in [0.2, 0.25) is 0 Å². The molecule has 60 heavy (non-hydrogen) atoms. The third-order valence-electron chi connectivity index (χ3n) is 11.0. The molecule has 10 rings (SSSR count). The van der Waals surface area contributed by atoms with Crippen molar-refractivity contribution in [2.45, 2.75) is 0 Å². The molecule has 0 fully saturated rings. The average molecular weight is 766 g/mol. The van der Waals surface area contributed by atoms with Crippen molar-refractivity contribution in [2.24, 2.45) is 0 Å². The highest BCUT2D eigenvalue weighted by Gasteiger charge is 2.18. The third-order valence-corrected chi connectivity index (χ3v) is 11.0. The molecule has 0 saturated heterocycles. The Morgan fingerprint density at radius 1 is 0.167 bits per heavy atom. The minimum absolute atomic E-state index is 0.616. The molecule has 282 valence electrons. The molecular weight excluding hydrogens is 727 g/mol. The first-order valence-electron chi connectivity index (χ1n) is 20.3. The Hall–Kier alpha value is -8.01. The van der Waals surface area contributed by atoms with Gasteiger partial charge in [0.05, 0.1) is 0 Å². The molecule has 3 heteroatoms. The zero-order valence-electron chi connectivity index (χ0n) is 32.9. The molecule has 0 spiro atoms. The highest BCUT2D eigenvalue weighted by molar-refractivity contribution is 5.86. The summed E-state index contributed by atoms with van der Waals surface area (Å²) in [6, 6.07) is 83.0. The second-order valence-corrected chi connectivity index (χ2v) is 14.8. The van der Waals surface area contributed by atoms with Gasteiger partial charge in [-0.2, -0.15) is 0 Å². The van der Waals surface area contributed by atoms with E-state index in [1.54, 1.807) is 0 Å². The van der Waals surface area contributed by atoms with Crippen LogP contribution in [0, 0.1) is 0 Å². The van der Waals surface area contributed by atoms with Crippen molar-refractivity contribution in [1.29, 1.82) is 0 Å². The van der Waals surface area contributed by atoms with Crippen LogP contribution in [0.2, 0.25) is 0 Å². The van der Waals surface area contributed by atoms with Crippen molar-refractivity contribution >= 4 is 0 Å². The highest BCUT2D eigenvalue weighted by atomic mass is 15.0. The van der Waals surface area contributed by atoms with Crippen LogP contribution in [-0.4, -0.2) is 15.0 Å². The first-order chi connectivity index (χ1) is 29.7. The van der Waals surface area contributed by atoms with E-state index in [-0.39, 0.29) is 0 Å². The zero-order chi connectivity index (χ0) is 40.1. The number of benzene rings is 9. The minimum atomic E-state index is 0.616. The van der Waals surface area contributed by atoms with Crippen LogP contribution in [0.4, 0.5) is 0 Å². The molecule has 1 heterocycles. The van der Waals surface area contributed by atoms with Gasteiger partial charge in [-0.1, -0.05) is 231 Å². The second-order valence-electron chi connectivity index (χ2n) is 14.8. The lowest BCUT2D eigenvalue weighted by atomic mass is 9.94. The molecule has 0 N–H and O–H groups in total. The molecular formula is C57H39N3. The van der Waals surface area contributed by atoms with E-state index in [4.69, 9.17) is 15.0 Å². The van der Waals surface area contributed by atoms with Crippen molar-refractivity contribution in [2.75, 3.05) is 0 Å². The Morgan fingerprint density at radius 3 is 0.767 bits per heavy atom. The van der Waals surface area contributed by atoms with Gasteiger partial charge in [-0.05, 0) is 72.8 Å². The number of nitrogens with zero attached hydrogens (tertiary/aromatic N) is 3. The zero-order valence-corrected chi connectivity index (χ0v) is 32.9. The van der Waals surface area contributed by atoms with Crippen LogP contribution in [0.25, 0.3) is 101 Å². The van der Waals surface area contributed by atoms with Gasteiger partial charge >= 0.3 is 0 Å². The van der Waals surface area contributed by atoms with Crippen LogP contribution in [0.1, 0.15) is 0 Å². The van der Waals surface area contributed by atoms with Crippen LogP contribution < -0.4 is 0 Å². The Bertz CT molecular complexity index is 2860. The number of rotatable bonds is 9. The molecule has 10 aromatic rings. The molecule has 1 aromatic heterocycles. The van der Waals surface area contributed by atoms with Gasteiger partial charge in [0.1, 0.15) is 0 Å². The summed E-state index contributed by atoms with van der Waals surface area (Å²) in [6.45, 7) is 0. The van der Waals surface area contributed by atoms with E-state index in [0.29, 0.717) is 17.5 Å². The molecule has 3 nitrogen and oxygen atoms in total. The van der Waals surface area contributed by atoms with Crippen molar-refractivity contribution in [3.8, 4) is 101 Å². The Balaban J connectivity index is 1.05. The molecule has 0 radical (unpaired) electrons. The molecule has 0 amide bonds. The maximum atomic E-state index is 5.24. The maximum absolute atomic E-state index is 5.24. The predicted octanol–water partition coefficient (Wildman–Crippen LogP) is 14.9. The molecule has 0 bridgehead atoms. The lowest BCUT2D eigenvalue weighted by Crippen LogP contribution is -2.01. The van der Waals surface area contributed by atoms with E-state index in [1.165, 1.54) is 22.3 Å². The number of hydrogen-bond donors (Lipinski definition) is 0. The SMILES string of the molecule is c1ccc(-c2ccc(-c3ccc(-c4nc(-c5ccc(-c6ccc(-c7ccccc7)cc6)cc5)nc(-c5cc(-c6ccccc6)ccc5-c5ccccc5)n4)cc3)cc2)cc1. The standard InChI is InChI=1S/C57H39N3/c1-5-13-40(14-6-1)43-21-25-45(26-22-43)47-29-33-50(34-30-47)55-58-56(51-35-31-48(32-36-51)46-27-23-44(24-28-46)41-15-7-2-8-16-41)60-57(59-55)54-39-52(42-17-9-3-10-18-42)37-38-53(54)49-19-11-4-12-20-49/h1-39H. The largest absolute Gasteiger partial charge is 0.208 e. The molecule has 0 saturated carbocycles. The van der Waals surface area contributed by atoms with Crippen LogP contribution in [0.15, 0.2) is 237 Å². The fraction of sp³-hybridized carbons (Fsp3) is 0. The summed E-state index contributed by atoms with van der Waals surface area (Å²) in [5.74, 6) is 1.85. The van der Waals surface area contributed by atoms with Gasteiger partial charge in [-0.25, -0.2) is 15.0 Å². The van der Waals surface area contributed by atoms with Gasteiger partial charge in [-0.3, -0.25) is 0 Å². The molecule has 0 aliphatic carbocycles. The predicted molar refractivity (Wildman–Crippen MR) is 249 cm³/mol. The lowest BCUT2D eigenvalue weighted by molar-refractivity contribution is 1.07. The third kappa shape index (κ3) is 7.68. The molecule has 0 unspecified atom stereocenters. The van der Waals surface area contributed by atoms with Crippen molar-refractivity contribution in [1.82, 2.24) is 15.0 Å². The average Bonchev–Trinajstić information content (AvgIpc) is 3.35. The summed E-state index contributed by atoms with van der Waals surface area (Å²) >= 11 is 0. The normalized spacial score (nSPS) is 11.0. The molecule has 0 aliphatic rings. The quantitative estimate of drug-likeness (QED) is 0.147. The van der Waals surface area contributed by atoms with Crippen LogP contribution in [0.5, 0.6) is 0 Å². The number of aromatic nitrogens is 3. The first kappa shape index (κ1) is 36.3. The topological polar surface area (TPSA) is 38.7 Å². The van der Waals surface area contributed by atoms with E-state index < -0.39 is 0 Å². The Labute approximate surface area is 351 Å². The van der Waals surface area contributed by atoms with Crippen LogP contribution in [0.3, 0.4) is 0 Å². The maximum Gasteiger partial charge on any atom is 0.164 e. The molecule has 9 aromatic carbocycles. The lowest BCUT2D eigenvalue weighted by Gasteiger charge is -2.14. The summed E-state index contributed by atoms with van der Waals surface area (Å²) < 4.78 is 0. The van der Waals surface area contributed by atoms with Gasteiger partial charge < -0.3 is 0 Å². The second kappa shape index (κ2) is 16.5. The fourth-order valence-corrected chi connectivity index (χ4v) is 7.76. The van der Waals surface area contributed by atoms with E-state index in [1.807, 2.05) is 24.3 Å². The fourth-order valence-electron chi connectivity index (χ4n) is 7.76.